The predicted molar refractivity (Wildman–Crippen MR) is 91.0 cm³/mol. The molecule has 0 bridgehead atoms. The van der Waals surface area contributed by atoms with Crippen LogP contribution in [0.25, 0.3) is 11.3 Å². The van der Waals surface area contributed by atoms with Crippen molar-refractivity contribution in [2.24, 2.45) is 5.14 Å². The molecular formula is C17H20N4S. The van der Waals surface area contributed by atoms with Gasteiger partial charge in [0.15, 0.2) is 0 Å². The van der Waals surface area contributed by atoms with Crippen LogP contribution in [-0.4, -0.2) is 22.6 Å². The zero-order chi connectivity index (χ0) is 15.1. The Balaban J connectivity index is 1.83. The summed E-state index contributed by atoms with van der Waals surface area (Å²) in [5.41, 5.74) is 4.83. The van der Waals surface area contributed by atoms with E-state index in [1.807, 2.05) is 6.07 Å². The van der Waals surface area contributed by atoms with Gasteiger partial charge in [0.1, 0.15) is 0 Å². The molecular weight excluding hydrogens is 292 g/mol. The van der Waals surface area contributed by atoms with Gasteiger partial charge in [-0.1, -0.05) is 12.1 Å². The van der Waals surface area contributed by atoms with Crippen molar-refractivity contribution in [3.05, 3.63) is 35.5 Å². The molecule has 4 nitrogen and oxygen atoms in total. The van der Waals surface area contributed by atoms with Crippen LogP contribution in [0.1, 0.15) is 31.0 Å². The highest BCUT2D eigenvalue weighted by Gasteiger charge is 2.29. The molecule has 2 heterocycles. The summed E-state index contributed by atoms with van der Waals surface area (Å²) in [5, 5.41) is 5.71. The lowest BCUT2D eigenvalue weighted by Gasteiger charge is -2.39. The number of hydrogen-bond acceptors (Lipinski definition) is 5. The molecule has 1 aromatic heterocycles. The first-order valence-electron chi connectivity index (χ1n) is 7.90. The van der Waals surface area contributed by atoms with Gasteiger partial charge in [0.25, 0.3) is 0 Å². The Morgan fingerprint density at radius 1 is 1.27 bits per heavy atom. The normalized spacial score (nSPS) is 19.9. The third kappa shape index (κ3) is 2.29. The van der Waals surface area contributed by atoms with Crippen molar-refractivity contribution >= 4 is 17.9 Å². The van der Waals surface area contributed by atoms with Gasteiger partial charge in [-0.2, -0.15) is 0 Å². The molecule has 0 amide bonds. The molecule has 1 aliphatic carbocycles. The monoisotopic (exact) mass is 312 g/mol. The lowest BCUT2D eigenvalue weighted by molar-refractivity contribution is 0.470. The van der Waals surface area contributed by atoms with Crippen molar-refractivity contribution in [1.29, 1.82) is 0 Å². The zero-order valence-electron chi connectivity index (χ0n) is 12.7. The van der Waals surface area contributed by atoms with Crippen molar-refractivity contribution < 1.29 is 0 Å². The van der Waals surface area contributed by atoms with Crippen LogP contribution < -0.4 is 10.0 Å². The Morgan fingerprint density at radius 3 is 2.91 bits per heavy atom. The van der Waals surface area contributed by atoms with Gasteiger partial charge in [-0.15, -0.1) is 0 Å². The smallest absolute Gasteiger partial charge is 0.226 e. The number of rotatable bonds is 3. The van der Waals surface area contributed by atoms with Crippen LogP contribution in [0.4, 0.5) is 5.95 Å². The second-order valence-electron chi connectivity index (χ2n) is 6.13. The Hall–Kier alpha value is -1.59. The highest BCUT2D eigenvalue weighted by Crippen LogP contribution is 2.34. The summed E-state index contributed by atoms with van der Waals surface area (Å²) in [6.45, 7) is 3.31. The van der Waals surface area contributed by atoms with Gasteiger partial charge < -0.3 is 4.90 Å². The minimum absolute atomic E-state index is 0.554. The maximum Gasteiger partial charge on any atom is 0.226 e. The summed E-state index contributed by atoms with van der Waals surface area (Å²) >= 11 is 1.28. The molecule has 1 fully saturated rings. The highest BCUT2D eigenvalue weighted by atomic mass is 32.2. The topological polar surface area (TPSA) is 55.0 Å². The summed E-state index contributed by atoms with van der Waals surface area (Å²) in [6, 6.07) is 8.91. The fourth-order valence-corrected chi connectivity index (χ4v) is 3.67. The number of fused-ring (bicyclic) bond motifs is 1. The van der Waals surface area contributed by atoms with Gasteiger partial charge in [-0.3, -0.25) is 5.14 Å². The van der Waals surface area contributed by atoms with E-state index in [2.05, 4.69) is 30.0 Å². The van der Waals surface area contributed by atoms with Crippen LogP contribution in [0, 0.1) is 0 Å². The molecule has 22 heavy (non-hydrogen) atoms. The van der Waals surface area contributed by atoms with E-state index >= 15 is 0 Å². The number of nitrogens with two attached hydrogens (primary N) is 1. The lowest BCUT2D eigenvalue weighted by Crippen LogP contribution is -2.46. The Kier molecular flexibility index (Phi) is 3.54. The van der Waals surface area contributed by atoms with E-state index in [0.29, 0.717) is 6.04 Å². The molecule has 1 aromatic carbocycles. The minimum Gasteiger partial charge on any atom is -0.338 e. The standard InChI is InChI=1S/C17H20N4S/c1-11-8-9-21(11)17-19-15-7-3-6-14(15)16(20-17)12-4-2-5-13(10-12)22-18/h2,4-5,10-11H,3,6-9,18H2,1H3. The Bertz CT molecular complexity index is 716. The second kappa shape index (κ2) is 5.56. The summed E-state index contributed by atoms with van der Waals surface area (Å²) < 4.78 is 0. The number of hydrogen-bond donors (Lipinski definition) is 1. The Morgan fingerprint density at radius 2 is 2.18 bits per heavy atom. The van der Waals surface area contributed by atoms with Crippen LogP contribution in [0.15, 0.2) is 29.2 Å². The van der Waals surface area contributed by atoms with Crippen LogP contribution in [0.2, 0.25) is 0 Å². The molecule has 1 aliphatic heterocycles. The Labute approximate surface area is 135 Å². The number of nitrogens with zero attached hydrogens (tertiary/aromatic N) is 3. The van der Waals surface area contributed by atoms with Crippen molar-refractivity contribution in [2.45, 2.75) is 43.5 Å². The van der Waals surface area contributed by atoms with E-state index < -0.39 is 0 Å². The van der Waals surface area contributed by atoms with Gasteiger partial charge in [0.2, 0.25) is 5.95 Å². The molecule has 1 unspecified atom stereocenters. The van der Waals surface area contributed by atoms with Crippen LogP contribution >= 0.6 is 11.9 Å². The molecule has 1 saturated heterocycles. The maximum absolute atomic E-state index is 5.71. The molecule has 1 atom stereocenters. The summed E-state index contributed by atoms with van der Waals surface area (Å²) in [5.74, 6) is 0.903. The van der Waals surface area contributed by atoms with E-state index in [1.54, 1.807) is 0 Å². The van der Waals surface area contributed by atoms with Crippen LogP contribution in [0.3, 0.4) is 0 Å². The van der Waals surface area contributed by atoms with Gasteiger partial charge in [0, 0.05) is 34.3 Å². The highest BCUT2D eigenvalue weighted by molar-refractivity contribution is 7.97. The van der Waals surface area contributed by atoms with Crippen molar-refractivity contribution in [3.8, 4) is 11.3 Å². The van der Waals surface area contributed by atoms with E-state index in [-0.39, 0.29) is 0 Å². The number of aryl methyl sites for hydroxylation is 1. The maximum atomic E-state index is 5.71. The molecule has 0 spiro atoms. The van der Waals surface area contributed by atoms with Crippen molar-refractivity contribution in [3.63, 3.8) is 0 Å². The molecule has 0 saturated carbocycles. The number of aromatic nitrogens is 2. The van der Waals surface area contributed by atoms with E-state index in [9.17, 15) is 0 Å². The average Bonchev–Trinajstić information content (AvgIpc) is 3.01. The van der Waals surface area contributed by atoms with E-state index in [0.717, 1.165) is 41.5 Å². The van der Waals surface area contributed by atoms with Gasteiger partial charge in [-0.05, 0) is 56.7 Å². The molecule has 2 aromatic rings. The summed E-state index contributed by atoms with van der Waals surface area (Å²) in [7, 11) is 0. The van der Waals surface area contributed by atoms with Crippen LogP contribution in [-0.2, 0) is 12.8 Å². The SMILES string of the molecule is CC1CCN1c1nc2c(c(-c3cccc(SN)c3)n1)CCC2. The van der Waals surface area contributed by atoms with Crippen molar-refractivity contribution in [2.75, 3.05) is 11.4 Å². The first kappa shape index (κ1) is 14.0. The quantitative estimate of drug-likeness (QED) is 0.882. The van der Waals surface area contributed by atoms with Gasteiger partial charge in [0.05, 0.1) is 5.69 Å². The van der Waals surface area contributed by atoms with E-state index in [1.165, 1.54) is 36.0 Å². The third-order valence-electron chi connectivity index (χ3n) is 4.74. The molecule has 2 aliphatic rings. The molecule has 5 heteroatoms. The fourth-order valence-electron chi connectivity index (χ4n) is 3.32. The number of benzene rings is 1. The molecule has 2 N–H and O–H groups in total. The first-order chi connectivity index (χ1) is 10.8. The third-order valence-corrected chi connectivity index (χ3v) is 5.27. The van der Waals surface area contributed by atoms with Gasteiger partial charge in [-0.25, -0.2) is 9.97 Å². The summed E-state index contributed by atoms with van der Waals surface area (Å²) in [4.78, 5) is 13.1. The van der Waals surface area contributed by atoms with Crippen molar-refractivity contribution in [1.82, 2.24) is 9.97 Å². The summed E-state index contributed by atoms with van der Waals surface area (Å²) in [6.07, 6.45) is 4.57. The molecule has 114 valence electrons. The van der Waals surface area contributed by atoms with E-state index in [4.69, 9.17) is 15.1 Å². The average molecular weight is 312 g/mol. The molecule has 0 radical (unpaired) electrons. The van der Waals surface area contributed by atoms with Gasteiger partial charge >= 0.3 is 0 Å². The zero-order valence-corrected chi connectivity index (χ0v) is 13.6. The first-order valence-corrected chi connectivity index (χ1v) is 8.78. The fraction of sp³-hybridized carbons (Fsp3) is 0.412. The second-order valence-corrected chi connectivity index (χ2v) is 6.83. The number of anilines is 1. The predicted octanol–water partition coefficient (Wildman–Crippen LogP) is 3.20. The molecule has 4 rings (SSSR count). The largest absolute Gasteiger partial charge is 0.338 e. The minimum atomic E-state index is 0.554. The lowest BCUT2D eigenvalue weighted by atomic mass is 10.0. The van der Waals surface area contributed by atoms with Crippen LogP contribution in [0.5, 0.6) is 0 Å².